The summed E-state index contributed by atoms with van der Waals surface area (Å²) in [6.07, 6.45) is 4.91. The third kappa shape index (κ3) is 4.40. The number of aromatic nitrogens is 2. The van der Waals surface area contributed by atoms with Crippen LogP contribution in [0.1, 0.15) is 25.0 Å². The summed E-state index contributed by atoms with van der Waals surface area (Å²) >= 11 is 5.70. The van der Waals surface area contributed by atoms with Gasteiger partial charge in [-0.15, -0.1) is 5.10 Å². The summed E-state index contributed by atoms with van der Waals surface area (Å²) in [6.45, 7) is 1.23. The Kier molecular flexibility index (Phi) is 4.76. The molecule has 5 nitrogen and oxygen atoms in total. The van der Waals surface area contributed by atoms with Crippen molar-refractivity contribution < 1.29 is 8.42 Å². The van der Waals surface area contributed by atoms with Crippen molar-refractivity contribution >= 4 is 21.6 Å². The Morgan fingerprint density at radius 3 is 2.74 bits per heavy atom. The molecule has 1 aromatic heterocycles. The molecule has 0 spiro atoms. The number of rotatable bonds is 3. The monoisotopic (exact) mass is 303 g/mol. The van der Waals surface area contributed by atoms with E-state index >= 15 is 0 Å². The third-order valence-electron chi connectivity index (χ3n) is 3.46. The van der Waals surface area contributed by atoms with E-state index in [4.69, 9.17) is 11.6 Å². The topological polar surface area (TPSA) is 63.2 Å². The van der Waals surface area contributed by atoms with Crippen LogP contribution in [0.2, 0.25) is 5.15 Å². The normalized spacial score (nSPS) is 22.1. The summed E-state index contributed by atoms with van der Waals surface area (Å²) in [5.74, 6) is 0.460. The Morgan fingerprint density at radius 1 is 1.32 bits per heavy atom. The van der Waals surface area contributed by atoms with Crippen LogP contribution < -0.4 is 0 Å². The standard InChI is InChI=1S/C12H18ClN3O2S/c1-19(17,18)16-7-2-3-10(6-8-16)9-11-4-5-12(13)15-14-11/h4-5,10H,2-3,6-9H2,1H3/t10-/m0/s1. The Morgan fingerprint density at radius 2 is 2.11 bits per heavy atom. The Labute approximate surface area is 119 Å². The second-order valence-corrected chi connectivity index (χ2v) is 7.38. The van der Waals surface area contributed by atoms with Crippen molar-refractivity contribution in [3.8, 4) is 0 Å². The van der Waals surface area contributed by atoms with E-state index in [1.165, 1.54) is 6.26 Å². The maximum atomic E-state index is 11.5. The molecule has 1 saturated heterocycles. The zero-order valence-electron chi connectivity index (χ0n) is 10.9. The number of sulfonamides is 1. The molecule has 0 radical (unpaired) electrons. The number of hydrogen-bond donors (Lipinski definition) is 0. The fourth-order valence-electron chi connectivity index (χ4n) is 2.42. The lowest BCUT2D eigenvalue weighted by atomic mass is 9.95. The maximum Gasteiger partial charge on any atom is 0.211 e. The van der Waals surface area contributed by atoms with Gasteiger partial charge in [-0.05, 0) is 43.7 Å². The van der Waals surface area contributed by atoms with E-state index in [9.17, 15) is 8.42 Å². The van der Waals surface area contributed by atoms with Gasteiger partial charge in [0.15, 0.2) is 5.15 Å². The molecule has 1 fully saturated rings. The SMILES string of the molecule is CS(=O)(=O)N1CCC[C@H](Cc2ccc(Cl)nn2)CC1. The van der Waals surface area contributed by atoms with Gasteiger partial charge >= 0.3 is 0 Å². The molecule has 0 aliphatic carbocycles. The minimum atomic E-state index is -3.06. The lowest BCUT2D eigenvalue weighted by molar-refractivity contribution is 0.412. The molecule has 19 heavy (non-hydrogen) atoms. The largest absolute Gasteiger partial charge is 0.213 e. The van der Waals surface area contributed by atoms with Crippen molar-refractivity contribution in [2.45, 2.75) is 25.7 Å². The third-order valence-corrected chi connectivity index (χ3v) is 4.97. The van der Waals surface area contributed by atoms with Gasteiger partial charge in [-0.3, -0.25) is 0 Å². The predicted octanol–water partition coefficient (Wildman–Crippen LogP) is 1.73. The van der Waals surface area contributed by atoms with Gasteiger partial charge in [-0.1, -0.05) is 11.6 Å². The predicted molar refractivity (Wildman–Crippen MR) is 74.5 cm³/mol. The van der Waals surface area contributed by atoms with Crippen molar-refractivity contribution in [1.29, 1.82) is 0 Å². The summed E-state index contributed by atoms with van der Waals surface area (Å²) in [4.78, 5) is 0. The molecule has 0 unspecified atom stereocenters. The van der Waals surface area contributed by atoms with Crippen molar-refractivity contribution in [3.63, 3.8) is 0 Å². The Bertz CT molecular complexity index is 518. The zero-order chi connectivity index (χ0) is 13.9. The van der Waals surface area contributed by atoms with Crippen molar-refractivity contribution in [3.05, 3.63) is 23.0 Å². The first kappa shape index (κ1) is 14.7. The summed E-state index contributed by atoms with van der Waals surface area (Å²) in [5, 5.41) is 8.28. The number of hydrogen-bond acceptors (Lipinski definition) is 4. The highest BCUT2D eigenvalue weighted by atomic mass is 35.5. The van der Waals surface area contributed by atoms with Crippen molar-refractivity contribution in [2.75, 3.05) is 19.3 Å². The van der Waals surface area contributed by atoms with Crippen LogP contribution in [0.15, 0.2) is 12.1 Å². The molecule has 1 aliphatic rings. The van der Waals surface area contributed by atoms with Gasteiger partial charge in [0.05, 0.1) is 11.9 Å². The van der Waals surface area contributed by atoms with Gasteiger partial charge in [0.2, 0.25) is 10.0 Å². The summed E-state index contributed by atoms with van der Waals surface area (Å²) in [7, 11) is -3.06. The Hall–Kier alpha value is -0.720. The molecule has 7 heteroatoms. The quantitative estimate of drug-likeness (QED) is 0.853. The van der Waals surface area contributed by atoms with Gasteiger partial charge in [-0.2, -0.15) is 5.10 Å². The molecular weight excluding hydrogens is 286 g/mol. The fourth-order valence-corrected chi connectivity index (χ4v) is 3.42. The van der Waals surface area contributed by atoms with Crippen LogP contribution in [0.3, 0.4) is 0 Å². The average Bonchev–Trinajstić information content (AvgIpc) is 2.57. The lowest BCUT2D eigenvalue weighted by Crippen LogP contribution is -2.30. The molecule has 2 heterocycles. The van der Waals surface area contributed by atoms with Crippen LogP contribution >= 0.6 is 11.6 Å². The van der Waals surface area contributed by atoms with Gasteiger partial charge in [-0.25, -0.2) is 12.7 Å². The number of halogens is 1. The molecular formula is C12H18ClN3O2S. The van der Waals surface area contributed by atoms with Crippen LogP contribution in [0.5, 0.6) is 0 Å². The highest BCUT2D eigenvalue weighted by Gasteiger charge is 2.23. The van der Waals surface area contributed by atoms with Crippen LogP contribution in [0, 0.1) is 5.92 Å². The maximum absolute atomic E-state index is 11.5. The second kappa shape index (κ2) is 6.15. The molecule has 106 valence electrons. The lowest BCUT2D eigenvalue weighted by Gasteiger charge is -2.17. The molecule has 0 bridgehead atoms. The summed E-state index contributed by atoms with van der Waals surface area (Å²) in [5.41, 5.74) is 0.919. The molecule has 1 aromatic rings. The van der Waals surface area contributed by atoms with Crippen LogP contribution in [-0.2, 0) is 16.4 Å². The van der Waals surface area contributed by atoms with E-state index in [1.807, 2.05) is 6.07 Å². The smallest absolute Gasteiger partial charge is 0.211 e. The van der Waals surface area contributed by atoms with E-state index in [1.54, 1.807) is 10.4 Å². The minimum Gasteiger partial charge on any atom is -0.213 e. The van der Waals surface area contributed by atoms with Crippen LogP contribution in [-0.4, -0.2) is 42.3 Å². The zero-order valence-corrected chi connectivity index (χ0v) is 12.5. The molecule has 2 rings (SSSR count). The van der Waals surface area contributed by atoms with Crippen molar-refractivity contribution in [1.82, 2.24) is 14.5 Å². The van der Waals surface area contributed by atoms with E-state index in [0.29, 0.717) is 24.2 Å². The van der Waals surface area contributed by atoms with E-state index in [2.05, 4.69) is 10.2 Å². The van der Waals surface area contributed by atoms with Crippen molar-refractivity contribution in [2.24, 2.45) is 5.92 Å². The molecule has 1 atom stereocenters. The minimum absolute atomic E-state index is 0.396. The Balaban J connectivity index is 1.94. The average molecular weight is 304 g/mol. The first-order valence-corrected chi connectivity index (χ1v) is 8.61. The molecule has 0 amide bonds. The van der Waals surface area contributed by atoms with Crippen LogP contribution in [0.25, 0.3) is 0 Å². The van der Waals surface area contributed by atoms with E-state index in [-0.39, 0.29) is 0 Å². The molecule has 0 N–H and O–H groups in total. The number of nitrogens with zero attached hydrogens (tertiary/aromatic N) is 3. The first-order valence-electron chi connectivity index (χ1n) is 6.38. The second-order valence-electron chi connectivity index (χ2n) is 5.01. The van der Waals surface area contributed by atoms with E-state index < -0.39 is 10.0 Å². The first-order chi connectivity index (χ1) is 8.95. The summed E-state index contributed by atoms with van der Waals surface area (Å²) in [6, 6.07) is 3.62. The highest BCUT2D eigenvalue weighted by molar-refractivity contribution is 7.88. The van der Waals surface area contributed by atoms with Gasteiger partial charge < -0.3 is 0 Å². The molecule has 0 aromatic carbocycles. The van der Waals surface area contributed by atoms with Gasteiger partial charge in [0, 0.05) is 13.1 Å². The van der Waals surface area contributed by atoms with Crippen LogP contribution in [0.4, 0.5) is 0 Å². The molecule has 0 saturated carbocycles. The molecule has 1 aliphatic heterocycles. The van der Waals surface area contributed by atoms with E-state index in [0.717, 1.165) is 31.4 Å². The van der Waals surface area contributed by atoms with Gasteiger partial charge in [0.1, 0.15) is 0 Å². The van der Waals surface area contributed by atoms with Gasteiger partial charge in [0.25, 0.3) is 0 Å². The fraction of sp³-hybridized carbons (Fsp3) is 0.667. The summed E-state index contributed by atoms with van der Waals surface area (Å²) < 4.78 is 24.6. The highest BCUT2D eigenvalue weighted by Crippen LogP contribution is 2.22.